The van der Waals surface area contributed by atoms with Gasteiger partial charge in [-0.2, -0.15) is 0 Å². The summed E-state index contributed by atoms with van der Waals surface area (Å²) in [4.78, 5) is 21.5. The summed E-state index contributed by atoms with van der Waals surface area (Å²) < 4.78 is 5.53. The van der Waals surface area contributed by atoms with Crippen molar-refractivity contribution in [3.05, 3.63) is 54.4 Å². The van der Waals surface area contributed by atoms with E-state index in [9.17, 15) is 4.79 Å². The summed E-state index contributed by atoms with van der Waals surface area (Å²) in [6, 6.07) is 12.3. The number of hydrogen-bond donors (Lipinski definition) is 1. The van der Waals surface area contributed by atoms with Crippen LogP contribution in [0.4, 0.5) is 5.69 Å². The molecular formula is C23H32N4O2. The topological polar surface area (TPSA) is 57.7 Å². The molecule has 2 heterocycles. The zero-order valence-electron chi connectivity index (χ0n) is 17.9. The molecule has 156 valence electrons. The van der Waals surface area contributed by atoms with Gasteiger partial charge in [-0.3, -0.25) is 14.7 Å². The number of piperazine rings is 1. The van der Waals surface area contributed by atoms with Gasteiger partial charge < -0.3 is 15.0 Å². The van der Waals surface area contributed by atoms with Gasteiger partial charge in [0.15, 0.2) is 0 Å². The van der Waals surface area contributed by atoms with E-state index in [0.717, 1.165) is 43.2 Å². The van der Waals surface area contributed by atoms with E-state index in [4.69, 9.17) is 4.74 Å². The van der Waals surface area contributed by atoms with Gasteiger partial charge in [-0.1, -0.05) is 39.0 Å². The fourth-order valence-electron chi connectivity index (χ4n) is 3.65. The number of nitrogens with one attached hydrogen (secondary N) is 1. The number of amides is 1. The van der Waals surface area contributed by atoms with E-state index >= 15 is 0 Å². The summed E-state index contributed by atoms with van der Waals surface area (Å²) in [6.45, 7) is 10.0. The molecular weight excluding hydrogens is 364 g/mol. The first kappa shape index (κ1) is 21.1. The SMILES string of the molecule is COc1ccccc1N1CCN(C(CNC(=O)C(C)(C)C)c2cccnc2)CC1. The molecule has 0 radical (unpaired) electrons. The Balaban J connectivity index is 1.70. The lowest BCUT2D eigenvalue weighted by molar-refractivity contribution is -0.128. The fourth-order valence-corrected chi connectivity index (χ4v) is 3.65. The Labute approximate surface area is 173 Å². The van der Waals surface area contributed by atoms with Crippen LogP contribution in [0.1, 0.15) is 32.4 Å². The molecule has 1 atom stereocenters. The minimum Gasteiger partial charge on any atom is -0.495 e. The second-order valence-corrected chi connectivity index (χ2v) is 8.46. The smallest absolute Gasteiger partial charge is 0.225 e. The summed E-state index contributed by atoms with van der Waals surface area (Å²) in [5.41, 5.74) is 1.86. The van der Waals surface area contributed by atoms with Crippen molar-refractivity contribution in [2.75, 3.05) is 44.7 Å². The molecule has 0 aliphatic carbocycles. The predicted octanol–water partition coefficient (Wildman–Crippen LogP) is 3.12. The van der Waals surface area contributed by atoms with Crippen LogP contribution < -0.4 is 15.0 Å². The molecule has 0 bridgehead atoms. The van der Waals surface area contributed by atoms with E-state index in [1.165, 1.54) is 0 Å². The molecule has 6 heteroatoms. The molecule has 1 fully saturated rings. The minimum atomic E-state index is -0.401. The van der Waals surface area contributed by atoms with Crippen molar-refractivity contribution >= 4 is 11.6 Å². The van der Waals surface area contributed by atoms with Crippen molar-refractivity contribution < 1.29 is 9.53 Å². The summed E-state index contributed by atoms with van der Waals surface area (Å²) in [5.74, 6) is 0.973. The molecule has 1 aromatic heterocycles. The molecule has 3 rings (SSSR count). The lowest BCUT2D eigenvalue weighted by Crippen LogP contribution is -2.50. The highest BCUT2D eigenvalue weighted by atomic mass is 16.5. The van der Waals surface area contributed by atoms with Crippen LogP contribution >= 0.6 is 0 Å². The van der Waals surface area contributed by atoms with Gasteiger partial charge in [0.25, 0.3) is 0 Å². The van der Waals surface area contributed by atoms with Gasteiger partial charge in [-0.15, -0.1) is 0 Å². The van der Waals surface area contributed by atoms with Crippen LogP contribution in [0.15, 0.2) is 48.8 Å². The number of hydrogen-bond acceptors (Lipinski definition) is 5. The van der Waals surface area contributed by atoms with E-state index in [2.05, 4.69) is 32.2 Å². The molecule has 1 aliphatic rings. The summed E-state index contributed by atoms with van der Waals surface area (Å²) in [5, 5.41) is 3.14. The number of carbonyl (C=O) groups excluding carboxylic acids is 1. The van der Waals surface area contributed by atoms with E-state index in [1.54, 1.807) is 13.3 Å². The molecule has 1 aliphatic heterocycles. The van der Waals surface area contributed by atoms with Crippen LogP contribution in [0.25, 0.3) is 0 Å². The third-order valence-corrected chi connectivity index (χ3v) is 5.39. The molecule has 1 unspecified atom stereocenters. The summed E-state index contributed by atoms with van der Waals surface area (Å²) >= 11 is 0. The highest BCUT2D eigenvalue weighted by Crippen LogP contribution is 2.30. The summed E-state index contributed by atoms with van der Waals surface area (Å²) in [6.07, 6.45) is 3.69. The van der Waals surface area contributed by atoms with Crippen molar-refractivity contribution in [2.45, 2.75) is 26.8 Å². The van der Waals surface area contributed by atoms with Gasteiger partial charge in [-0.05, 0) is 23.8 Å². The van der Waals surface area contributed by atoms with E-state index < -0.39 is 5.41 Å². The minimum absolute atomic E-state index is 0.0686. The molecule has 6 nitrogen and oxygen atoms in total. The molecule has 1 N–H and O–H groups in total. The predicted molar refractivity (Wildman–Crippen MR) is 116 cm³/mol. The van der Waals surface area contributed by atoms with Gasteiger partial charge in [0.1, 0.15) is 5.75 Å². The Kier molecular flexibility index (Phi) is 6.75. The van der Waals surface area contributed by atoms with Gasteiger partial charge in [0.05, 0.1) is 18.8 Å². The van der Waals surface area contributed by atoms with Crippen molar-refractivity contribution in [3.8, 4) is 5.75 Å². The van der Waals surface area contributed by atoms with Crippen LogP contribution in [-0.2, 0) is 4.79 Å². The Morgan fingerprint density at radius 1 is 1.14 bits per heavy atom. The van der Waals surface area contributed by atoms with Crippen molar-refractivity contribution in [1.29, 1.82) is 0 Å². The number of pyridine rings is 1. The zero-order chi connectivity index (χ0) is 20.9. The van der Waals surface area contributed by atoms with Gasteiger partial charge in [0, 0.05) is 50.5 Å². The largest absolute Gasteiger partial charge is 0.495 e. The van der Waals surface area contributed by atoms with E-state index in [-0.39, 0.29) is 11.9 Å². The average Bonchev–Trinajstić information content (AvgIpc) is 2.74. The first-order valence-corrected chi connectivity index (χ1v) is 10.2. The maximum absolute atomic E-state index is 12.4. The first-order chi connectivity index (χ1) is 13.9. The Bertz CT molecular complexity index is 796. The number of rotatable bonds is 6. The van der Waals surface area contributed by atoms with Crippen LogP contribution in [0.5, 0.6) is 5.75 Å². The molecule has 2 aromatic rings. The molecule has 1 amide bonds. The lowest BCUT2D eigenvalue weighted by Gasteiger charge is -2.40. The number of methoxy groups -OCH3 is 1. The van der Waals surface area contributed by atoms with Gasteiger partial charge >= 0.3 is 0 Å². The third kappa shape index (κ3) is 5.26. The van der Waals surface area contributed by atoms with Crippen LogP contribution in [-0.4, -0.2) is 55.6 Å². The third-order valence-electron chi connectivity index (χ3n) is 5.39. The fraction of sp³-hybridized carbons (Fsp3) is 0.478. The van der Waals surface area contributed by atoms with Gasteiger partial charge in [0.2, 0.25) is 5.91 Å². The highest BCUT2D eigenvalue weighted by Gasteiger charge is 2.28. The van der Waals surface area contributed by atoms with Crippen LogP contribution in [0.3, 0.4) is 0 Å². The number of carbonyl (C=O) groups is 1. The number of para-hydroxylation sites is 2. The second-order valence-electron chi connectivity index (χ2n) is 8.46. The first-order valence-electron chi connectivity index (χ1n) is 10.2. The van der Waals surface area contributed by atoms with E-state index in [0.29, 0.717) is 6.54 Å². The van der Waals surface area contributed by atoms with Crippen LogP contribution in [0.2, 0.25) is 0 Å². The summed E-state index contributed by atoms with van der Waals surface area (Å²) in [7, 11) is 1.71. The van der Waals surface area contributed by atoms with Crippen LogP contribution in [0, 0.1) is 5.41 Å². The van der Waals surface area contributed by atoms with E-state index in [1.807, 2.05) is 51.2 Å². The maximum atomic E-state index is 12.4. The van der Waals surface area contributed by atoms with Gasteiger partial charge in [-0.25, -0.2) is 0 Å². The zero-order valence-corrected chi connectivity index (χ0v) is 17.9. The second kappa shape index (κ2) is 9.27. The highest BCUT2D eigenvalue weighted by molar-refractivity contribution is 5.81. The number of aromatic nitrogens is 1. The molecule has 0 spiro atoms. The maximum Gasteiger partial charge on any atom is 0.225 e. The molecule has 1 saturated heterocycles. The number of benzene rings is 1. The number of anilines is 1. The number of ether oxygens (including phenoxy) is 1. The number of nitrogens with zero attached hydrogens (tertiary/aromatic N) is 3. The quantitative estimate of drug-likeness (QED) is 0.813. The lowest BCUT2D eigenvalue weighted by atomic mass is 9.95. The molecule has 29 heavy (non-hydrogen) atoms. The molecule has 0 saturated carbocycles. The Morgan fingerprint density at radius 2 is 1.86 bits per heavy atom. The monoisotopic (exact) mass is 396 g/mol. The molecule has 1 aromatic carbocycles. The van der Waals surface area contributed by atoms with Crippen molar-refractivity contribution in [3.63, 3.8) is 0 Å². The Morgan fingerprint density at radius 3 is 2.48 bits per heavy atom. The standard InChI is InChI=1S/C23H32N4O2/c1-23(2,3)22(28)25-17-20(18-8-7-11-24-16-18)27-14-12-26(13-15-27)19-9-5-6-10-21(19)29-4/h5-11,16,20H,12-15,17H2,1-4H3,(H,25,28). The van der Waals surface area contributed by atoms with Crippen molar-refractivity contribution in [2.24, 2.45) is 5.41 Å². The Hall–Kier alpha value is -2.60. The average molecular weight is 397 g/mol. The van der Waals surface area contributed by atoms with Crippen molar-refractivity contribution in [1.82, 2.24) is 15.2 Å². The normalized spacial score (nSPS) is 16.3.